The number of aromatic nitrogens is 2. The molecule has 1 amide bonds. The number of rotatable bonds is 7. The van der Waals surface area contributed by atoms with Crippen molar-refractivity contribution in [3.63, 3.8) is 0 Å². The van der Waals surface area contributed by atoms with Gasteiger partial charge in [0.05, 0.1) is 5.69 Å². The van der Waals surface area contributed by atoms with E-state index in [1.165, 1.54) is 0 Å². The molecule has 1 N–H and O–H groups in total. The van der Waals surface area contributed by atoms with Gasteiger partial charge in [0, 0.05) is 19.3 Å². The van der Waals surface area contributed by atoms with E-state index >= 15 is 0 Å². The van der Waals surface area contributed by atoms with Crippen molar-refractivity contribution in [2.24, 2.45) is 0 Å². The number of nitrogens with zero attached hydrogens (tertiary/aromatic N) is 3. The van der Waals surface area contributed by atoms with Gasteiger partial charge in [-0.3, -0.25) is 9.20 Å². The summed E-state index contributed by atoms with van der Waals surface area (Å²) in [5.74, 6) is -0.0413. The number of hydrogen-bond donors (Lipinski definition) is 1. The topological polar surface area (TPSA) is 49.6 Å². The smallest absolute Gasteiger partial charge is 0.270 e. The predicted molar refractivity (Wildman–Crippen MR) is 89.4 cm³/mol. The van der Waals surface area contributed by atoms with Crippen LogP contribution in [0, 0.1) is 6.92 Å². The minimum atomic E-state index is -0.0413. The van der Waals surface area contributed by atoms with Crippen molar-refractivity contribution in [1.29, 1.82) is 0 Å². The molecule has 0 bridgehead atoms. The molecule has 5 nitrogen and oxygen atoms in total. The van der Waals surface area contributed by atoms with E-state index in [0.29, 0.717) is 12.2 Å². The normalized spacial score (nSPS) is 11.3. The Bertz CT molecular complexity index is 643. The Morgan fingerprint density at radius 3 is 2.68 bits per heavy atom. The molecule has 0 unspecified atom stereocenters. The molecule has 0 aromatic carbocycles. The number of imidazole rings is 1. The van der Waals surface area contributed by atoms with E-state index in [0.717, 1.165) is 43.0 Å². The van der Waals surface area contributed by atoms with Gasteiger partial charge in [0.15, 0.2) is 0 Å². The molecule has 0 spiro atoms. The minimum absolute atomic E-state index is 0.0413. The highest BCUT2D eigenvalue weighted by Gasteiger charge is 2.17. The van der Waals surface area contributed by atoms with Gasteiger partial charge < -0.3 is 10.2 Å². The first kappa shape index (κ1) is 16.5. The van der Waals surface area contributed by atoms with Gasteiger partial charge in [0.1, 0.15) is 11.3 Å². The molecule has 5 heteroatoms. The Balaban J connectivity index is 2.16. The molecule has 0 saturated heterocycles. The summed E-state index contributed by atoms with van der Waals surface area (Å²) in [6.45, 7) is 11.9. The van der Waals surface area contributed by atoms with E-state index < -0.39 is 0 Å². The Morgan fingerprint density at radius 2 is 2.05 bits per heavy atom. The molecular weight excluding hydrogens is 276 g/mol. The second kappa shape index (κ2) is 7.40. The Morgan fingerprint density at radius 1 is 1.32 bits per heavy atom. The Kier molecular flexibility index (Phi) is 5.55. The van der Waals surface area contributed by atoms with Gasteiger partial charge >= 0.3 is 0 Å². The van der Waals surface area contributed by atoms with E-state index in [2.05, 4.69) is 29.0 Å². The summed E-state index contributed by atoms with van der Waals surface area (Å²) in [4.78, 5) is 19.4. The molecule has 2 heterocycles. The van der Waals surface area contributed by atoms with Crippen LogP contribution in [0.4, 0.5) is 0 Å². The van der Waals surface area contributed by atoms with Gasteiger partial charge in [-0.05, 0) is 44.1 Å². The highest BCUT2D eigenvalue weighted by Crippen LogP contribution is 2.14. The van der Waals surface area contributed by atoms with Crippen molar-refractivity contribution in [3.05, 3.63) is 35.3 Å². The number of aryl methyl sites for hydroxylation is 2. The maximum Gasteiger partial charge on any atom is 0.270 e. The minimum Gasteiger partial charge on any atom is -0.349 e. The lowest BCUT2D eigenvalue weighted by atomic mass is 10.2. The molecule has 2 aromatic heterocycles. The van der Waals surface area contributed by atoms with Crippen molar-refractivity contribution in [2.45, 2.75) is 34.1 Å². The van der Waals surface area contributed by atoms with Crippen LogP contribution in [-0.4, -0.2) is 46.4 Å². The fourth-order valence-corrected chi connectivity index (χ4v) is 2.63. The van der Waals surface area contributed by atoms with E-state index in [4.69, 9.17) is 0 Å². The van der Waals surface area contributed by atoms with Crippen LogP contribution in [0.15, 0.2) is 18.3 Å². The van der Waals surface area contributed by atoms with Crippen LogP contribution in [0.1, 0.15) is 42.5 Å². The maximum absolute atomic E-state index is 12.6. The molecule has 22 heavy (non-hydrogen) atoms. The highest BCUT2D eigenvalue weighted by atomic mass is 16.1. The Labute approximate surface area is 132 Å². The third-order valence-electron chi connectivity index (χ3n) is 4.01. The van der Waals surface area contributed by atoms with Gasteiger partial charge in [-0.25, -0.2) is 4.98 Å². The molecule has 0 fully saturated rings. The summed E-state index contributed by atoms with van der Waals surface area (Å²) in [7, 11) is 0. The number of amides is 1. The molecule has 0 atom stereocenters. The summed E-state index contributed by atoms with van der Waals surface area (Å²) in [6.07, 6.45) is 2.68. The third-order valence-corrected chi connectivity index (χ3v) is 4.01. The van der Waals surface area contributed by atoms with E-state index in [1.54, 1.807) is 0 Å². The first-order valence-electron chi connectivity index (χ1n) is 8.08. The summed E-state index contributed by atoms with van der Waals surface area (Å²) in [6, 6.07) is 4.01. The van der Waals surface area contributed by atoms with Crippen LogP contribution in [0.3, 0.4) is 0 Å². The van der Waals surface area contributed by atoms with Crippen LogP contribution in [0.25, 0.3) is 5.65 Å². The highest BCUT2D eigenvalue weighted by molar-refractivity contribution is 5.94. The van der Waals surface area contributed by atoms with Crippen molar-refractivity contribution in [3.8, 4) is 0 Å². The van der Waals surface area contributed by atoms with Gasteiger partial charge in [-0.1, -0.05) is 20.8 Å². The molecule has 120 valence electrons. The molecule has 2 aromatic rings. The second-order valence-corrected chi connectivity index (χ2v) is 5.48. The molecular formula is C17H26N4O. The first-order valence-corrected chi connectivity index (χ1v) is 8.08. The van der Waals surface area contributed by atoms with E-state index in [-0.39, 0.29) is 5.91 Å². The standard InChI is InChI=1S/C17H26N4O/c1-5-14-16(17(22)18-9-11-20(6-2)7-3)21-10-8-13(4)12-15(21)19-14/h8,10,12H,5-7,9,11H2,1-4H3,(H,18,22). The van der Waals surface area contributed by atoms with Crippen molar-refractivity contribution < 1.29 is 4.79 Å². The number of fused-ring (bicyclic) bond motifs is 1. The zero-order chi connectivity index (χ0) is 16.1. The largest absolute Gasteiger partial charge is 0.349 e. The monoisotopic (exact) mass is 302 g/mol. The predicted octanol–water partition coefficient (Wildman–Crippen LogP) is 2.28. The Hall–Kier alpha value is -1.88. The molecule has 0 aliphatic carbocycles. The van der Waals surface area contributed by atoms with Crippen LogP contribution < -0.4 is 5.32 Å². The summed E-state index contributed by atoms with van der Waals surface area (Å²) < 4.78 is 1.89. The van der Waals surface area contributed by atoms with Crippen LogP contribution in [0.2, 0.25) is 0 Å². The number of nitrogens with one attached hydrogen (secondary N) is 1. The lowest BCUT2D eigenvalue weighted by Gasteiger charge is -2.18. The van der Waals surface area contributed by atoms with Gasteiger partial charge in [0.25, 0.3) is 5.91 Å². The molecule has 0 saturated carbocycles. The number of pyridine rings is 1. The average molecular weight is 302 g/mol. The first-order chi connectivity index (χ1) is 10.6. The summed E-state index contributed by atoms with van der Waals surface area (Å²) in [5.41, 5.74) is 3.50. The summed E-state index contributed by atoms with van der Waals surface area (Å²) >= 11 is 0. The number of carbonyl (C=O) groups is 1. The lowest BCUT2D eigenvalue weighted by Crippen LogP contribution is -2.35. The van der Waals surface area contributed by atoms with Crippen molar-refractivity contribution >= 4 is 11.6 Å². The SMILES string of the molecule is CCc1nc2cc(C)ccn2c1C(=O)NCCN(CC)CC. The molecule has 2 rings (SSSR count). The van der Waals surface area contributed by atoms with Crippen molar-refractivity contribution in [1.82, 2.24) is 19.6 Å². The van der Waals surface area contributed by atoms with E-state index in [1.807, 2.05) is 36.6 Å². The van der Waals surface area contributed by atoms with Gasteiger partial charge in [0.2, 0.25) is 0 Å². The van der Waals surface area contributed by atoms with Crippen molar-refractivity contribution in [2.75, 3.05) is 26.2 Å². The fourth-order valence-electron chi connectivity index (χ4n) is 2.63. The van der Waals surface area contributed by atoms with E-state index in [9.17, 15) is 4.79 Å². The molecule has 0 radical (unpaired) electrons. The maximum atomic E-state index is 12.6. The quantitative estimate of drug-likeness (QED) is 0.853. The zero-order valence-electron chi connectivity index (χ0n) is 14.0. The van der Waals surface area contributed by atoms with Gasteiger partial charge in [-0.15, -0.1) is 0 Å². The van der Waals surface area contributed by atoms with Crippen LogP contribution in [0.5, 0.6) is 0 Å². The lowest BCUT2D eigenvalue weighted by molar-refractivity contribution is 0.0942. The van der Waals surface area contributed by atoms with Crippen LogP contribution >= 0.6 is 0 Å². The zero-order valence-corrected chi connectivity index (χ0v) is 14.0. The summed E-state index contributed by atoms with van der Waals surface area (Å²) in [5, 5.41) is 3.02. The number of hydrogen-bond acceptors (Lipinski definition) is 3. The van der Waals surface area contributed by atoms with Gasteiger partial charge in [-0.2, -0.15) is 0 Å². The fraction of sp³-hybridized carbons (Fsp3) is 0.529. The number of likely N-dealkylation sites (N-methyl/N-ethyl adjacent to an activating group) is 1. The molecule has 0 aliphatic heterocycles. The van der Waals surface area contributed by atoms with Crippen LogP contribution in [-0.2, 0) is 6.42 Å². The molecule has 0 aliphatic rings. The number of carbonyl (C=O) groups excluding carboxylic acids is 1. The second-order valence-electron chi connectivity index (χ2n) is 5.48. The third kappa shape index (κ3) is 3.47. The average Bonchev–Trinajstić information content (AvgIpc) is 2.88.